The lowest BCUT2D eigenvalue weighted by molar-refractivity contribution is 0.0777. The van der Waals surface area contributed by atoms with E-state index < -0.39 is 0 Å². The summed E-state index contributed by atoms with van der Waals surface area (Å²) < 4.78 is 24.2. The third kappa shape index (κ3) is 8.26. The minimum atomic E-state index is -0.201. The molecule has 1 unspecified atom stereocenters. The summed E-state index contributed by atoms with van der Waals surface area (Å²) in [6.07, 6.45) is 12.7. The molecule has 2 fully saturated rings. The molecule has 1 atom stereocenters. The number of likely N-dealkylation sites (tertiary alicyclic amines) is 2. The van der Waals surface area contributed by atoms with E-state index in [0.29, 0.717) is 59.8 Å². The maximum Gasteiger partial charge on any atom is 0.254 e. The van der Waals surface area contributed by atoms with Crippen molar-refractivity contribution in [3.8, 4) is 17.2 Å². The van der Waals surface area contributed by atoms with E-state index in [-0.39, 0.29) is 29.6 Å². The van der Waals surface area contributed by atoms with Crippen molar-refractivity contribution < 1.29 is 33.3 Å². The number of methoxy groups -OCH3 is 3. The highest BCUT2D eigenvalue weighted by Crippen LogP contribution is 2.41. The number of carbonyl (C=O) groups is 2. The number of hydrogen-bond acceptors (Lipinski definition) is 9. The fourth-order valence-electron chi connectivity index (χ4n) is 7.68. The highest BCUT2D eigenvalue weighted by Gasteiger charge is 2.42. The molecule has 0 bridgehead atoms. The predicted octanol–water partition coefficient (Wildman–Crippen LogP) is 6.40. The Labute approximate surface area is 311 Å². The van der Waals surface area contributed by atoms with Gasteiger partial charge in [0.1, 0.15) is 18.1 Å². The molecule has 0 radical (unpaired) electrons. The number of amides is 1. The Kier molecular flexibility index (Phi) is 12.2. The van der Waals surface area contributed by atoms with Gasteiger partial charge in [-0.05, 0) is 88.1 Å². The second-order valence-corrected chi connectivity index (χ2v) is 13.8. The van der Waals surface area contributed by atoms with Crippen LogP contribution in [-0.2, 0) is 18.6 Å². The molecule has 0 spiro atoms. The highest BCUT2D eigenvalue weighted by molar-refractivity contribution is 5.96. The number of imidazole rings is 1. The fraction of sp³-hybridized carbons (Fsp3) is 0.405. The monoisotopic (exact) mass is 722 g/mol. The van der Waals surface area contributed by atoms with Crippen molar-refractivity contribution >= 4 is 17.8 Å². The van der Waals surface area contributed by atoms with Crippen LogP contribution in [-0.4, -0.2) is 90.2 Å². The smallest absolute Gasteiger partial charge is 0.254 e. The summed E-state index contributed by atoms with van der Waals surface area (Å²) in [7, 11) is 4.65. The zero-order valence-electron chi connectivity index (χ0n) is 31.1. The van der Waals surface area contributed by atoms with E-state index in [0.717, 1.165) is 51.0 Å². The zero-order chi connectivity index (χ0) is 37.4. The van der Waals surface area contributed by atoms with E-state index >= 15 is 0 Å². The van der Waals surface area contributed by atoms with Crippen LogP contribution in [0.1, 0.15) is 76.4 Å². The SMILES string of the molecule is C/C=C\C=C/c1cnc(C(=O)C2CCN(CCC3(c4ccccc4)CCN(C(=O)c4cc(OC)c(OC)c(OC)c4)C3)CC2)n1Cc1ccc(CO)o1. The van der Waals surface area contributed by atoms with Gasteiger partial charge >= 0.3 is 0 Å². The van der Waals surface area contributed by atoms with Crippen molar-refractivity contribution in [2.24, 2.45) is 5.92 Å². The van der Waals surface area contributed by atoms with Crippen LogP contribution in [0, 0.1) is 5.92 Å². The molecule has 0 saturated carbocycles. The van der Waals surface area contributed by atoms with E-state index in [9.17, 15) is 14.7 Å². The van der Waals surface area contributed by atoms with Gasteiger partial charge in [0.05, 0.1) is 39.8 Å². The van der Waals surface area contributed by atoms with Crippen LogP contribution in [0.3, 0.4) is 0 Å². The van der Waals surface area contributed by atoms with E-state index in [1.54, 1.807) is 45.7 Å². The number of allylic oxidation sites excluding steroid dienone is 3. The first-order valence-electron chi connectivity index (χ1n) is 18.3. The van der Waals surface area contributed by atoms with Gasteiger partial charge in [-0.3, -0.25) is 9.59 Å². The molecule has 4 aromatic rings. The number of ketones is 1. The molecule has 1 N–H and O–H groups in total. The van der Waals surface area contributed by atoms with Gasteiger partial charge in [-0.2, -0.15) is 0 Å². The minimum absolute atomic E-state index is 0.0433. The summed E-state index contributed by atoms with van der Waals surface area (Å²) in [5.41, 5.74) is 2.34. The summed E-state index contributed by atoms with van der Waals surface area (Å²) in [5, 5.41) is 9.49. The first-order valence-corrected chi connectivity index (χ1v) is 18.3. The number of aromatic nitrogens is 2. The van der Waals surface area contributed by atoms with E-state index in [2.05, 4.69) is 34.1 Å². The summed E-state index contributed by atoms with van der Waals surface area (Å²) in [4.78, 5) is 36.9. The molecule has 4 heterocycles. The first kappa shape index (κ1) is 37.6. The normalized spacial score (nSPS) is 18.3. The Morgan fingerprint density at radius 3 is 2.32 bits per heavy atom. The molecule has 53 heavy (non-hydrogen) atoms. The third-order valence-corrected chi connectivity index (χ3v) is 10.7. The number of furan rings is 1. The summed E-state index contributed by atoms with van der Waals surface area (Å²) in [6.45, 7) is 5.83. The number of ether oxygens (including phenoxy) is 3. The van der Waals surface area contributed by atoms with Gasteiger partial charge in [0.2, 0.25) is 11.5 Å². The standard InChI is InChI=1S/C42H50N4O7/c1-5-6-8-13-33-26-43-40(46(33)27-34-14-15-35(28-47)53-34)38(48)30-16-20-44(21-17-30)22-18-42(32-11-9-7-10-12-32)19-23-45(29-42)41(49)31-24-36(50-2)39(52-4)37(25-31)51-3/h5-15,24-26,30,47H,16-23,27-29H2,1-4H3/b6-5-,13-8-. The average Bonchev–Trinajstić information content (AvgIpc) is 3.96. The summed E-state index contributed by atoms with van der Waals surface area (Å²) in [6, 6.07) is 17.5. The Hall–Kier alpha value is -5.13. The third-order valence-electron chi connectivity index (χ3n) is 10.7. The van der Waals surface area contributed by atoms with Crippen molar-refractivity contribution in [1.29, 1.82) is 0 Å². The van der Waals surface area contributed by atoms with Crippen LogP contribution in [0.25, 0.3) is 6.08 Å². The van der Waals surface area contributed by atoms with Gasteiger partial charge in [-0.15, -0.1) is 0 Å². The minimum Gasteiger partial charge on any atom is -0.493 e. The van der Waals surface area contributed by atoms with Gasteiger partial charge in [-0.25, -0.2) is 4.98 Å². The molecule has 11 nitrogen and oxygen atoms in total. The largest absolute Gasteiger partial charge is 0.493 e. The maximum absolute atomic E-state index is 14.0. The molecule has 6 rings (SSSR count). The Morgan fingerprint density at radius 2 is 1.68 bits per heavy atom. The highest BCUT2D eigenvalue weighted by atomic mass is 16.5. The van der Waals surface area contributed by atoms with Crippen LogP contribution in [0.5, 0.6) is 17.2 Å². The number of Topliss-reactive ketones (excluding diaryl/α,β-unsaturated/α-hetero) is 1. The Bertz CT molecular complexity index is 1900. The maximum atomic E-state index is 14.0. The lowest BCUT2D eigenvalue weighted by atomic mass is 9.76. The molecule has 2 aromatic heterocycles. The molecular weight excluding hydrogens is 672 g/mol. The summed E-state index contributed by atoms with van der Waals surface area (Å²) >= 11 is 0. The van der Waals surface area contributed by atoms with Gasteiger partial charge in [0, 0.05) is 30.0 Å². The number of carbonyl (C=O) groups excluding carboxylic acids is 2. The number of rotatable bonds is 15. The molecule has 2 saturated heterocycles. The molecule has 1 amide bonds. The number of benzene rings is 2. The average molecular weight is 723 g/mol. The first-order chi connectivity index (χ1) is 25.8. The molecule has 280 valence electrons. The van der Waals surface area contributed by atoms with Gasteiger partial charge in [-0.1, -0.05) is 48.6 Å². The van der Waals surface area contributed by atoms with Crippen LogP contribution in [0.15, 0.2) is 83.4 Å². The number of aliphatic hydroxyl groups excluding tert-OH is 1. The molecule has 2 aliphatic heterocycles. The topological polar surface area (TPSA) is 120 Å². The molecule has 11 heteroatoms. The van der Waals surface area contributed by atoms with Gasteiger partial charge in [0.25, 0.3) is 5.91 Å². The van der Waals surface area contributed by atoms with Crippen molar-refractivity contribution in [2.45, 2.75) is 51.2 Å². The molecule has 2 aromatic carbocycles. The van der Waals surface area contributed by atoms with Crippen LogP contribution in [0.4, 0.5) is 0 Å². The number of nitrogens with zero attached hydrogens (tertiary/aromatic N) is 4. The second-order valence-electron chi connectivity index (χ2n) is 13.8. The van der Waals surface area contributed by atoms with Gasteiger partial charge in [0.15, 0.2) is 17.3 Å². The fourth-order valence-corrected chi connectivity index (χ4v) is 7.68. The Balaban J connectivity index is 1.13. The van der Waals surface area contributed by atoms with Gasteiger partial charge < -0.3 is 38.1 Å². The van der Waals surface area contributed by atoms with E-state index in [4.69, 9.17) is 18.6 Å². The van der Waals surface area contributed by atoms with Crippen LogP contribution >= 0.6 is 0 Å². The number of piperidine rings is 1. The summed E-state index contributed by atoms with van der Waals surface area (Å²) in [5.74, 6) is 2.76. The second kappa shape index (κ2) is 17.1. The number of hydrogen-bond donors (Lipinski definition) is 1. The lowest BCUT2D eigenvalue weighted by Crippen LogP contribution is -2.41. The molecule has 2 aliphatic rings. The van der Waals surface area contributed by atoms with Crippen LogP contribution < -0.4 is 14.2 Å². The Morgan fingerprint density at radius 1 is 0.962 bits per heavy atom. The van der Waals surface area contributed by atoms with Crippen molar-refractivity contribution in [3.05, 3.63) is 113 Å². The van der Waals surface area contributed by atoms with Crippen molar-refractivity contribution in [2.75, 3.05) is 54.1 Å². The van der Waals surface area contributed by atoms with Crippen molar-refractivity contribution in [3.63, 3.8) is 0 Å². The lowest BCUT2D eigenvalue weighted by Gasteiger charge is -2.36. The molecule has 0 aliphatic carbocycles. The molecular formula is C42H50N4O7. The van der Waals surface area contributed by atoms with E-state index in [1.807, 2.05) is 52.8 Å². The van der Waals surface area contributed by atoms with Crippen LogP contribution in [0.2, 0.25) is 0 Å². The number of aliphatic hydroxyl groups is 1. The van der Waals surface area contributed by atoms with Crippen molar-refractivity contribution in [1.82, 2.24) is 19.4 Å². The quantitative estimate of drug-likeness (QED) is 0.110. The van der Waals surface area contributed by atoms with E-state index in [1.165, 1.54) is 5.56 Å². The zero-order valence-corrected chi connectivity index (χ0v) is 31.1. The predicted molar refractivity (Wildman–Crippen MR) is 203 cm³/mol.